The Morgan fingerprint density at radius 3 is 1.95 bits per heavy atom. The van der Waals surface area contributed by atoms with Gasteiger partial charge in [0.25, 0.3) is 6.33 Å². The van der Waals surface area contributed by atoms with E-state index < -0.39 is 23.6 Å². The Morgan fingerprint density at radius 1 is 0.618 bits per heavy atom. The van der Waals surface area contributed by atoms with E-state index in [4.69, 9.17) is 14.7 Å². The summed E-state index contributed by atoms with van der Waals surface area (Å²) in [5.74, 6) is 2.66. The van der Waals surface area contributed by atoms with E-state index in [0.29, 0.717) is 34.1 Å². The van der Waals surface area contributed by atoms with Crippen LogP contribution in [0, 0.1) is 17.2 Å². The van der Waals surface area contributed by atoms with Crippen molar-refractivity contribution in [3.63, 3.8) is 0 Å². The van der Waals surface area contributed by atoms with Gasteiger partial charge in [-0.3, -0.25) is 18.7 Å². The minimum absolute atomic E-state index is 0.0391. The maximum Gasteiger partial charge on any atom is 0.271 e. The molecular formula is C49H51N5O. The van der Waals surface area contributed by atoms with Crippen molar-refractivity contribution in [1.82, 2.24) is 19.1 Å². The van der Waals surface area contributed by atoms with Gasteiger partial charge in [0.1, 0.15) is 17.3 Å². The van der Waals surface area contributed by atoms with Crippen molar-refractivity contribution in [2.45, 2.75) is 80.5 Å². The predicted molar refractivity (Wildman–Crippen MR) is 225 cm³/mol. The first-order chi connectivity index (χ1) is 27.6. The van der Waals surface area contributed by atoms with Gasteiger partial charge in [0.05, 0.1) is 27.8 Å². The molecule has 0 aliphatic heterocycles. The Balaban J connectivity index is 1.22. The molecule has 55 heavy (non-hydrogen) atoms. The van der Waals surface area contributed by atoms with Crippen molar-refractivity contribution in [2.75, 3.05) is 0 Å². The second-order valence-corrected chi connectivity index (χ2v) is 17.4. The molecule has 0 unspecified atom stereocenters. The van der Waals surface area contributed by atoms with Crippen molar-refractivity contribution in [2.24, 2.45) is 10.8 Å². The van der Waals surface area contributed by atoms with Crippen LogP contribution < -0.4 is 9.30 Å². The number of pyridine rings is 2. The fourth-order valence-electron chi connectivity index (χ4n) is 7.16. The quantitative estimate of drug-likeness (QED) is 0.121. The van der Waals surface area contributed by atoms with Crippen LogP contribution in [0.3, 0.4) is 0 Å². The molecule has 8 aromatic rings. The Morgan fingerprint density at radius 2 is 1.24 bits per heavy atom. The molecule has 6 heteroatoms. The molecule has 0 N–H and O–H groups in total. The Kier molecular flexibility index (Phi) is 7.77. The number of hydrogen-bond acceptors (Lipinski definition) is 3. The molecule has 0 aliphatic rings. The monoisotopic (exact) mass is 729 g/mol. The molecule has 4 aromatic carbocycles. The lowest BCUT2D eigenvalue weighted by atomic mass is 9.84. The van der Waals surface area contributed by atoms with Crippen LogP contribution in [0.5, 0.6) is 11.5 Å². The number of benzene rings is 4. The predicted octanol–water partition coefficient (Wildman–Crippen LogP) is 11.9. The molecule has 0 radical (unpaired) electrons. The molecule has 0 atom stereocenters. The van der Waals surface area contributed by atoms with E-state index in [2.05, 4.69) is 80.2 Å². The SMILES string of the molecule is [2H]C([2H])(c1cc(-[n+]2[c-]n(-c3cc(Oc4ccc5c6ccccc6n(-c6cc(C(C)(C)C)ccn6)c5c4)ccn3)c3ccccc32)cc(C([2H])([2H])C(C)(C)C)c1)C(C)(C)C. The number of ether oxygens (including phenoxy) is 1. The van der Waals surface area contributed by atoms with Gasteiger partial charge in [-0.2, -0.15) is 0 Å². The van der Waals surface area contributed by atoms with E-state index >= 15 is 0 Å². The second kappa shape index (κ2) is 13.5. The molecular weight excluding hydrogens is 675 g/mol. The summed E-state index contributed by atoms with van der Waals surface area (Å²) in [6.45, 7) is 17.8. The van der Waals surface area contributed by atoms with Crippen molar-refractivity contribution in [3.05, 3.63) is 145 Å². The van der Waals surface area contributed by atoms with E-state index in [1.54, 1.807) is 12.3 Å². The van der Waals surface area contributed by atoms with Crippen molar-refractivity contribution in [1.29, 1.82) is 0 Å². The van der Waals surface area contributed by atoms with E-state index in [-0.39, 0.29) is 5.41 Å². The number of hydrogen-bond donors (Lipinski definition) is 0. The molecule has 6 nitrogen and oxygen atoms in total. The number of rotatable bonds is 7. The summed E-state index contributed by atoms with van der Waals surface area (Å²) in [6.07, 6.45) is 3.56. The van der Waals surface area contributed by atoms with Gasteiger partial charge in [-0.15, -0.1) is 0 Å². The first-order valence-electron chi connectivity index (χ1n) is 20.9. The third kappa shape index (κ3) is 7.51. The Hall–Kier alpha value is -5.75. The van der Waals surface area contributed by atoms with E-state index in [1.165, 1.54) is 5.56 Å². The van der Waals surface area contributed by atoms with Crippen LogP contribution in [-0.2, 0) is 18.2 Å². The lowest BCUT2D eigenvalue weighted by Crippen LogP contribution is -2.30. The molecule has 0 spiro atoms. The average molecular weight is 730 g/mol. The van der Waals surface area contributed by atoms with Crippen LogP contribution in [0.15, 0.2) is 122 Å². The first-order valence-corrected chi connectivity index (χ1v) is 18.9. The summed E-state index contributed by atoms with van der Waals surface area (Å²) in [5.41, 5.74) is 4.75. The average Bonchev–Trinajstić information content (AvgIpc) is 3.73. The molecule has 0 saturated heterocycles. The van der Waals surface area contributed by atoms with E-state index in [1.807, 2.05) is 111 Å². The van der Waals surface area contributed by atoms with Crippen LogP contribution in [-0.4, -0.2) is 19.1 Å². The zero-order valence-electron chi connectivity index (χ0n) is 37.2. The smallest absolute Gasteiger partial charge is 0.271 e. The lowest BCUT2D eigenvalue weighted by molar-refractivity contribution is -0.572. The molecule has 0 amide bonds. The van der Waals surface area contributed by atoms with Gasteiger partial charge in [-0.1, -0.05) is 122 Å². The number of aromatic nitrogens is 5. The minimum Gasteiger partial charge on any atom is -0.458 e. The summed E-state index contributed by atoms with van der Waals surface area (Å²) in [7, 11) is 0. The standard InChI is InChI=1S/C49H51N5O/c1-47(2,3)30-33-24-34(31-48(4,5)6)26-36(25-33)52-32-53(43-17-13-12-16-42(43)52)45-29-38(21-23-50-45)55-37-18-19-40-39-14-10-11-15-41(39)54(44(40)28-37)46-27-35(20-22-51-46)49(7,8)9/h10-29H,30-31H2,1-9H3/i30D2,31D2. The molecule has 278 valence electrons. The van der Waals surface area contributed by atoms with Crippen LogP contribution >= 0.6 is 0 Å². The Labute approximate surface area is 330 Å². The van der Waals surface area contributed by atoms with Gasteiger partial charge in [-0.05, 0) is 83.1 Å². The highest BCUT2D eigenvalue weighted by molar-refractivity contribution is 6.09. The lowest BCUT2D eigenvalue weighted by Gasteiger charge is -2.22. The summed E-state index contributed by atoms with van der Waals surface area (Å²) in [6, 6.07) is 35.7. The van der Waals surface area contributed by atoms with Gasteiger partial charge < -0.3 is 4.74 Å². The Bertz CT molecular complexity index is 2840. The van der Waals surface area contributed by atoms with Gasteiger partial charge in [-0.25, -0.2) is 4.98 Å². The molecule has 0 aliphatic carbocycles. The van der Waals surface area contributed by atoms with E-state index in [9.17, 15) is 5.48 Å². The molecule has 4 aromatic heterocycles. The molecule has 4 heterocycles. The maximum absolute atomic E-state index is 9.20. The molecule has 0 bridgehead atoms. The molecule has 8 rings (SSSR count). The van der Waals surface area contributed by atoms with E-state index in [0.717, 1.165) is 38.7 Å². The van der Waals surface area contributed by atoms with Crippen molar-refractivity contribution >= 4 is 32.8 Å². The highest BCUT2D eigenvalue weighted by atomic mass is 16.5. The van der Waals surface area contributed by atoms with Crippen LogP contribution in [0.25, 0.3) is 50.2 Å². The zero-order chi connectivity index (χ0) is 42.3. The maximum atomic E-state index is 9.20. The summed E-state index contributed by atoms with van der Waals surface area (Å²) >= 11 is 0. The largest absolute Gasteiger partial charge is 0.458 e. The fraction of sp³-hybridized carbons (Fsp3) is 0.286. The number of fused-ring (bicyclic) bond motifs is 4. The summed E-state index contributed by atoms with van der Waals surface area (Å²) < 4.78 is 49.3. The van der Waals surface area contributed by atoms with Crippen LogP contribution in [0.2, 0.25) is 0 Å². The number of imidazole rings is 1. The minimum atomic E-state index is -1.76. The van der Waals surface area contributed by atoms with Gasteiger partial charge >= 0.3 is 0 Å². The molecule has 0 saturated carbocycles. The number of para-hydroxylation sites is 3. The second-order valence-electron chi connectivity index (χ2n) is 17.4. The van der Waals surface area contributed by atoms with Crippen molar-refractivity contribution in [3.8, 4) is 28.8 Å². The molecule has 0 fully saturated rings. The highest BCUT2D eigenvalue weighted by Gasteiger charge is 2.21. The van der Waals surface area contributed by atoms with Gasteiger partial charge in [0.15, 0.2) is 5.82 Å². The van der Waals surface area contributed by atoms with Crippen molar-refractivity contribution < 1.29 is 14.8 Å². The third-order valence-corrected chi connectivity index (χ3v) is 9.45. The third-order valence-electron chi connectivity index (χ3n) is 9.45. The summed E-state index contributed by atoms with van der Waals surface area (Å²) in [5, 5.41) is 2.23. The normalized spacial score (nSPS) is 14.2. The number of nitrogens with zero attached hydrogens (tertiary/aromatic N) is 5. The van der Waals surface area contributed by atoms with Crippen LogP contribution in [0.4, 0.5) is 0 Å². The van der Waals surface area contributed by atoms with Gasteiger partial charge in [0, 0.05) is 40.8 Å². The topological polar surface area (TPSA) is 48.8 Å². The van der Waals surface area contributed by atoms with Gasteiger partial charge in [0.2, 0.25) is 0 Å². The first kappa shape index (κ1) is 31.6. The van der Waals surface area contributed by atoms with Crippen LogP contribution in [0.1, 0.15) is 84.5 Å². The zero-order valence-corrected chi connectivity index (χ0v) is 33.2. The highest BCUT2D eigenvalue weighted by Crippen LogP contribution is 2.36. The summed E-state index contributed by atoms with van der Waals surface area (Å²) in [4.78, 5) is 9.58. The fourth-order valence-corrected chi connectivity index (χ4v) is 7.16.